The standard InChI is InChI=1S/C14H22N2O2S/c1-4-14(5-6-14)9-16-19(17,18)12-7-10(2)11(3)13(15)8-12/h7-8,16H,4-6,9,15H2,1-3H3. The van der Waals surface area contributed by atoms with Crippen LogP contribution in [0.4, 0.5) is 5.69 Å². The highest BCUT2D eigenvalue weighted by Crippen LogP contribution is 2.48. The van der Waals surface area contributed by atoms with Crippen LogP contribution in [0.2, 0.25) is 0 Å². The summed E-state index contributed by atoms with van der Waals surface area (Å²) in [4.78, 5) is 0.264. The second kappa shape index (κ2) is 4.80. The summed E-state index contributed by atoms with van der Waals surface area (Å²) in [6.07, 6.45) is 3.24. The fraction of sp³-hybridized carbons (Fsp3) is 0.571. The Labute approximate surface area is 115 Å². The first kappa shape index (κ1) is 14.3. The van der Waals surface area contributed by atoms with E-state index in [1.54, 1.807) is 6.07 Å². The predicted octanol–water partition coefficient (Wildman–Crippen LogP) is 2.35. The van der Waals surface area contributed by atoms with Crippen LogP contribution >= 0.6 is 0 Å². The van der Waals surface area contributed by atoms with Crippen LogP contribution in [0.15, 0.2) is 17.0 Å². The fourth-order valence-corrected chi connectivity index (χ4v) is 3.45. The molecule has 1 aromatic carbocycles. The van der Waals surface area contributed by atoms with Gasteiger partial charge in [-0.15, -0.1) is 0 Å². The molecule has 0 aromatic heterocycles. The molecule has 0 amide bonds. The van der Waals surface area contributed by atoms with Gasteiger partial charge in [0.1, 0.15) is 0 Å². The van der Waals surface area contributed by atoms with E-state index < -0.39 is 10.0 Å². The SMILES string of the molecule is CCC1(CNS(=O)(=O)c2cc(C)c(C)c(N)c2)CC1. The number of nitrogens with one attached hydrogen (secondary N) is 1. The molecule has 0 heterocycles. The highest BCUT2D eigenvalue weighted by molar-refractivity contribution is 7.89. The van der Waals surface area contributed by atoms with E-state index in [4.69, 9.17) is 5.73 Å². The predicted molar refractivity (Wildman–Crippen MR) is 77.5 cm³/mol. The molecule has 0 saturated heterocycles. The Morgan fingerprint density at radius 2 is 1.95 bits per heavy atom. The summed E-state index contributed by atoms with van der Waals surface area (Å²) < 4.78 is 27.3. The molecule has 1 aliphatic carbocycles. The molecule has 1 aromatic rings. The lowest BCUT2D eigenvalue weighted by molar-refractivity contribution is 0.475. The molecule has 3 N–H and O–H groups in total. The zero-order valence-corrected chi connectivity index (χ0v) is 12.6. The maximum absolute atomic E-state index is 12.3. The van der Waals surface area contributed by atoms with Crippen LogP contribution in [0.1, 0.15) is 37.3 Å². The Hall–Kier alpha value is -1.07. The molecule has 1 aliphatic rings. The van der Waals surface area contributed by atoms with Gasteiger partial charge in [-0.3, -0.25) is 0 Å². The largest absolute Gasteiger partial charge is 0.398 e. The number of sulfonamides is 1. The normalized spacial score (nSPS) is 17.4. The van der Waals surface area contributed by atoms with Gasteiger partial charge < -0.3 is 5.73 Å². The van der Waals surface area contributed by atoms with E-state index in [9.17, 15) is 8.42 Å². The smallest absolute Gasteiger partial charge is 0.240 e. The van der Waals surface area contributed by atoms with Gasteiger partial charge >= 0.3 is 0 Å². The number of nitrogens with two attached hydrogens (primary N) is 1. The number of anilines is 1. The summed E-state index contributed by atoms with van der Waals surface area (Å²) in [5, 5.41) is 0. The summed E-state index contributed by atoms with van der Waals surface area (Å²) in [5.74, 6) is 0. The lowest BCUT2D eigenvalue weighted by Gasteiger charge is -2.15. The van der Waals surface area contributed by atoms with E-state index in [0.717, 1.165) is 30.4 Å². The van der Waals surface area contributed by atoms with Crippen molar-refractivity contribution < 1.29 is 8.42 Å². The van der Waals surface area contributed by atoms with Gasteiger partial charge in [0.15, 0.2) is 0 Å². The van der Waals surface area contributed by atoms with Crippen molar-refractivity contribution in [3.8, 4) is 0 Å². The minimum absolute atomic E-state index is 0.193. The average molecular weight is 282 g/mol. The summed E-state index contributed by atoms with van der Waals surface area (Å²) in [6, 6.07) is 3.22. The second-order valence-corrected chi connectivity index (χ2v) is 7.40. The minimum atomic E-state index is -3.46. The van der Waals surface area contributed by atoms with Crippen LogP contribution in [0.25, 0.3) is 0 Å². The summed E-state index contributed by atoms with van der Waals surface area (Å²) >= 11 is 0. The highest BCUT2D eigenvalue weighted by Gasteiger charge is 2.41. The van der Waals surface area contributed by atoms with E-state index in [2.05, 4.69) is 11.6 Å². The molecule has 0 bridgehead atoms. The molecule has 4 nitrogen and oxygen atoms in total. The van der Waals surface area contributed by atoms with Crippen molar-refractivity contribution in [3.05, 3.63) is 23.3 Å². The molecule has 0 spiro atoms. The van der Waals surface area contributed by atoms with Crippen molar-refractivity contribution in [1.82, 2.24) is 4.72 Å². The topological polar surface area (TPSA) is 72.2 Å². The Kier molecular flexibility index (Phi) is 3.62. The molecule has 0 unspecified atom stereocenters. The minimum Gasteiger partial charge on any atom is -0.398 e. The van der Waals surface area contributed by atoms with E-state index in [1.807, 2.05) is 13.8 Å². The third-order valence-electron chi connectivity index (χ3n) is 4.34. The molecule has 0 radical (unpaired) electrons. The van der Waals surface area contributed by atoms with Crippen molar-refractivity contribution >= 4 is 15.7 Å². The van der Waals surface area contributed by atoms with Gasteiger partial charge in [-0.05, 0) is 61.8 Å². The third-order valence-corrected chi connectivity index (χ3v) is 5.72. The van der Waals surface area contributed by atoms with Crippen molar-refractivity contribution in [2.75, 3.05) is 12.3 Å². The number of benzene rings is 1. The second-order valence-electron chi connectivity index (χ2n) is 5.63. The van der Waals surface area contributed by atoms with E-state index >= 15 is 0 Å². The first-order valence-electron chi connectivity index (χ1n) is 6.66. The lowest BCUT2D eigenvalue weighted by atomic mass is 10.1. The van der Waals surface area contributed by atoms with E-state index in [-0.39, 0.29) is 10.3 Å². The fourth-order valence-electron chi connectivity index (χ4n) is 2.17. The van der Waals surface area contributed by atoms with Crippen molar-refractivity contribution in [1.29, 1.82) is 0 Å². The molecular weight excluding hydrogens is 260 g/mol. The van der Waals surface area contributed by atoms with Gasteiger partial charge in [0, 0.05) is 12.2 Å². The van der Waals surface area contributed by atoms with Gasteiger partial charge in [0.2, 0.25) is 10.0 Å². The number of nitrogen functional groups attached to an aromatic ring is 1. The number of hydrogen-bond acceptors (Lipinski definition) is 3. The number of aryl methyl sites for hydroxylation is 1. The first-order valence-corrected chi connectivity index (χ1v) is 8.14. The van der Waals surface area contributed by atoms with Gasteiger partial charge in [-0.25, -0.2) is 13.1 Å². The molecule has 106 valence electrons. The molecule has 1 saturated carbocycles. The van der Waals surface area contributed by atoms with Crippen LogP contribution < -0.4 is 10.5 Å². The van der Waals surface area contributed by atoms with E-state index in [0.29, 0.717) is 12.2 Å². The van der Waals surface area contributed by atoms with Gasteiger partial charge in [0.25, 0.3) is 0 Å². The third kappa shape index (κ3) is 2.92. The van der Waals surface area contributed by atoms with Crippen LogP contribution in [-0.2, 0) is 10.0 Å². The molecule has 0 aliphatic heterocycles. The Morgan fingerprint density at radius 1 is 1.32 bits per heavy atom. The van der Waals surface area contributed by atoms with Crippen molar-refractivity contribution in [2.24, 2.45) is 5.41 Å². The van der Waals surface area contributed by atoms with Crippen LogP contribution in [0.3, 0.4) is 0 Å². The summed E-state index contributed by atoms with van der Waals surface area (Å²) in [5.41, 5.74) is 8.40. The van der Waals surface area contributed by atoms with Gasteiger partial charge in [0.05, 0.1) is 4.90 Å². The van der Waals surface area contributed by atoms with Gasteiger partial charge in [-0.1, -0.05) is 6.92 Å². The molecule has 0 atom stereocenters. The summed E-state index contributed by atoms with van der Waals surface area (Å²) in [6.45, 7) is 6.40. The van der Waals surface area contributed by atoms with Crippen LogP contribution in [0, 0.1) is 19.3 Å². The maximum Gasteiger partial charge on any atom is 0.240 e. The number of rotatable bonds is 5. The maximum atomic E-state index is 12.3. The van der Waals surface area contributed by atoms with Crippen molar-refractivity contribution in [2.45, 2.75) is 44.9 Å². The molecule has 19 heavy (non-hydrogen) atoms. The zero-order chi connectivity index (χ0) is 14.3. The molecular formula is C14H22N2O2S. The van der Waals surface area contributed by atoms with Crippen LogP contribution in [0.5, 0.6) is 0 Å². The Bertz CT molecular complexity index is 566. The van der Waals surface area contributed by atoms with Crippen LogP contribution in [-0.4, -0.2) is 15.0 Å². The number of hydrogen-bond donors (Lipinski definition) is 2. The highest BCUT2D eigenvalue weighted by atomic mass is 32.2. The monoisotopic (exact) mass is 282 g/mol. The van der Waals surface area contributed by atoms with Crippen molar-refractivity contribution in [3.63, 3.8) is 0 Å². The quantitative estimate of drug-likeness (QED) is 0.814. The molecule has 1 fully saturated rings. The Morgan fingerprint density at radius 3 is 2.42 bits per heavy atom. The van der Waals surface area contributed by atoms with Gasteiger partial charge in [-0.2, -0.15) is 0 Å². The lowest BCUT2D eigenvalue weighted by Crippen LogP contribution is -2.30. The zero-order valence-electron chi connectivity index (χ0n) is 11.8. The Balaban J connectivity index is 2.20. The first-order chi connectivity index (χ1) is 8.80. The molecule has 2 rings (SSSR count). The van der Waals surface area contributed by atoms with E-state index in [1.165, 1.54) is 6.07 Å². The summed E-state index contributed by atoms with van der Waals surface area (Å²) in [7, 11) is -3.46. The molecule has 5 heteroatoms. The average Bonchev–Trinajstić information content (AvgIpc) is 3.14.